The summed E-state index contributed by atoms with van der Waals surface area (Å²) in [6.07, 6.45) is 0. The Kier molecular flexibility index (Phi) is 6.40. The van der Waals surface area contributed by atoms with Crippen LogP contribution in [0.3, 0.4) is 0 Å². The van der Waals surface area contributed by atoms with Crippen molar-refractivity contribution < 1.29 is 13.9 Å². The zero-order chi connectivity index (χ0) is 21.3. The predicted molar refractivity (Wildman–Crippen MR) is 116 cm³/mol. The third-order valence-electron chi connectivity index (χ3n) is 5.75. The number of rotatable bonds is 6. The van der Waals surface area contributed by atoms with E-state index in [4.69, 9.17) is 23.2 Å². The molecule has 1 unspecified atom stereocenters. The highest BCUT2D eigenvalue weighted by Gasteiger charge is 2.38. The van der Waals surface area contributed by atoms with Gasteiger partial charge in [-0.2, -0.15) is 0 Å². The molecule has 3 aromatic rings. The first kappa shape index (κ1) is 21.3. The lowest BCUT2D eigenvalue weighted by atomic mass is 9.79. The number of aliphatic hydroxyl groups is 1. The Balaban J connectivity index is 1.58. The average molecular weight is 448 g/mol. The first-order valence-electron chi connectivity index (χ1n) is 9.76. The molecule has 0 spiro atoms. The standard InChI is InChI=1S/C24H21Cl2F2NO/c25-19-5-1-15(2-6-19)24(16-3-7-20(26)8-4-16)29-12-18(13-29)23(14-30)17-9-21(27)11-22(28)10-17/h1-11,18,23-24,30H,12-14H2. The van der Waals surface area contributed by atoms with Gasteiger partial charge in [-0.1, -0.05) is 47.5 Å². The van der Waals surface area contributed by atoms with E-state index in [2.05, 4.69) is 4.90 Å². The Morgan fingerprint density at radius 2 is 1.27 bits per heavy atom. The van der Waals surface area contributed by atoms with Gasteiger partial charge in [-0.15, -0.1) is 0 Å². The summed E-state index contributed by atoms with van der Waals surface area (Å²) in [4.78, 5) is 2.29. The van der Waals surface area contributed by atoms with Gasteiger partial charge >= 0.3 is 0 Å². The maximum Gasteiger partial charge on any atom is 0.126 e. The molecule has 1 aliphatic rings. The van der Waals surface area contributed by atoms with Gasteiger partial charge in [0.15, 0.2) is 0 Å². The van der Waals surface area contributed by atoms with Gasteiger partial charge in [-0.3, -0.25) is 4.90 Å². The minimum Gasteiger partial charge on any atom is -0.396 e. The predicted octanol–water partition coefficient (Wildman–Crippen LogP) is 6.07. The third kappa shape index (κ3) is 4.52. The summed E-state index contributed by atoms with van der Waals surface area (Å²) in [6, 6.07) is 18.9. The summed E-state index contributed by atoms with van der Waals surface area (Å²) in [6.45, 7) is 1.23. The van der Waals surface area contributed by atoms with Crippen LogP contribution in [0.15, 0.2) is 66.7 Å². The fraction of sp³-hybridized carbons (Fsp3) is 0.250. The minimum atomic E-state index is -0.625. The zero-order valence-corrected chi connectivity index (χ0v) is 17.6. The van der Waals surface area contributed by atoms with Crippen molar-refractivity contribution in [3.63, 3.8) is 0 Å². The van der Waals surface area contributed by atoms with E-state index in [9.17, 15) is 13.9 Å². The van der Waals surface area contributed by atoms with Crippen molar-refractivity contribution in [3.8, 4) is 0 Å². The molecule has 2 nitrogen and oxygen atoms in total. The lowest BCUT2D eigenvalue weighted by Crippen LogP contribution is -2.51. The highest BCUT2D eigenvalue weighted by atomic mass is 35.5. The first-order valence-corrected chi connectivity index (χ1v) is 10.5. The number of aliphatic hydroxyl groups excluding tert-OH is 1. The number of benzene rings is 3. The highest BCUT2D eigenvalue weighted by Crippen LogP contribution is 2.40. The molecule has 4 rings (SSSR count). The summed E-state index contributed by atoms with van der Waals surface area (Å²) in [7, 11) is 0. The van der Waals surface area contributed by atoms with Gasteiger partial charge in [0.05, 0.1) is 12.6 Å². The number of hydrogen-bond donors (Lipinski definition) is 1. The largest absolute Gasteiger partial charge is 0.396 e. The SMILES string of the molecule is OCC(c1cc(F)cc(F)c1)C1CN(C(c2ccc(Cl)cc2)c2ccc(Cl)cc2)C1. The van der Waals surface area contributed by atoms with Crippen molar-refractivity contribution in [2.24, 2.45) is 5.92 Å². The quantitative estimate of drug-likeness (QED) is 0.495. The molecule has 1 atom stereocenters. The van der Waals surface area contributed by atoms with Crippen LogP contribution < -0.4 is 0 Å². The third-order valence-corrected chi connectivity index (χ3v) is 6.26. The minimum absolute atomic E-state index is 0.000582. The average Bonchev–Trinajstić information content (AvgIpc) is 2.68. The van der Waals surface area contributed by atoms with Crippen LogP contribution in [0.4, 0.5) is 8.78 Å². The van der Waals surface area contributed by atoms with E-state index in [1.807, 2.05) is 48.5 Å². The highest BCUT2D eigenvalue weighted by molar-refractivity contribution is 6.30. The van der Waals surface area contributed by atoms with E-state index in [0.29, 0.717) is 28.7 Å². The van der Waals surface area contributed by atoms with Crippen LogP contribution in [-0.2, 0) is 0 Å². The summed E-state index contributed by atoms with van der Waals surface area (Å²) < 4.78 is 27.3. The molecule has 0 amide bonds. The molecule has 0 aliphatic carbocycles. The molecule has 1 saturated heterocycles. The number of halogens is 4. The molecule has 1 fully saturated rings. The van der Waals surface area contributed by atoms with Gasteiger partial charge in [-0.05, 0) is 59.0 Å². The molecule has 6 heteroatoms. The Hall–Kier alpha value is -1.98. The van der Waals surface area contributed by atoms with Crippen LogP contribution in [0.5, 0.6) is 0 Å². The summed E-state index contributed by atoms with van der Waals surface area (Å²) >= 11 is 12.1. The van der Waals surface area contributed by atoms with Gasteiger partial charge in [0.25, 0.3) is 0 Å². The van der Waals surface area contributed by atoms with Crippen LogP contribution in [0.1, 0.15) is 28.7 Å². The van der Waals surface area contributed by atoms with Crippen molar-refractivity contribution in [1.82, 2.24) is 4.90 Å². The van der Waals surface area contributed by atoms with E-state index in [1.54, 1.807) is 0 Å². The lowest BCUT2D eigenvalue weighted by Gasteiger charge is -2.47. The van der Waals surface area contributed by atoms with Gasteiger partial charge < -0.3 is 5.11 Å². The Labute approximate surface area is 184 Å². The van der Waals surface area contributed by atoms with Crippen LogP contribution in [0.2, 0.25) is 10.0 Å². The van der Waals surface area contributed by atoms with Crippen molar-refractivity contribution in [1.29, 1.82) is 0 Å². The smallest absolute Gasteiger partial charge is 0.126 e. The summed E-state index contributed by atoms with van der Waals surface area (Å²) in [5, 5.41) is 11.3. The Bertz CT molecular complexity index is 939. The number of nitrogens with zero attached hydrogens (tertiary/aromatic N) is 1. The maximum atomic E-state index is 13.7. The van der Waals surface area contributed by atoms with Crippen LogP contribution >= 0.6 is 23.2 Å². The molecule has 156 valence electrons. The van der Waals surface area contributed by atoms with Crippen molar-refractivity contribution >= 4 is 23.2 Å². The molecule has 0 bridgehead atoms. The fourth-order valence-corrected chi connectivity index (χ4v) is 4.49. The normalized spacial score (nSPS) is 15.9. The zero-order valence-electron chi connectivity index (χ0n) is 16.1. The molecule has 0 saturated carbocycles. The molecule has 30 heavy (non-hydrogen) atoms. The van der Waals surface area contributed by atoms with Crippen LogP contribution in [0, 0.1) is 17.6 Å². The second-order valence-corrected chi connectivity index (χ2v) is 8.58. The Morgan fingerprint density at radius 3 is 1.70 bits per heavy atom. The van der Waals surface area contributed by atoms with Crippen LogP contribution in [-0.4, -0.2) is 29.7 Å². The molecule has 1 heterocycles. The van der Waals surface area contributed by atoms with Gasteiger partial charge in [0.1, 0.15) is 11.6 Å². The number of hydrogen-bond acceptors (Lipinski definition) is 2. The van der Waals surface area contributed by atoms with Crippen molar-refractivity contribution in [3.05, 3.63) is 105 Å². The van der Waals surface area contributed by atoms with E-state index >= 15 is 0 Å². The molecule has 3 aromatic carbocycles. The molecule has 1 aliphatic heterocycles. The van der Waals surface area contributed by atoms with Crippen LogP contribution in [0.25, 0.3) is 0 Å². The molecular formula is C24H21Cl2F2NO. The van der Waals surface area contributed by atoms with Gasteiger partial charge in [-0.25, -0.2) is 8.78 Å². The second kappa shape index (κ2) is 9.03. The first-order chi connectivity index (χ1) is 14.4. The van der Waals surface area contributed by atoms with Crippen molar-refractivity contribution in [2.75, 3.05) is 19.7 Å². The fourth-order valence-electron chi connectivity index (χ4n) is 4.23. The Morgan fingerprint density at radius 1 is 0.800 bits per heavy atom. The summed E-state index contributed by atoms with van der Waals surface area (Å²) in [5.74, 6) is -1.47. The topological polar surface area (TPSA) is 23.5 Å². The number of likely N-dealkylation sites (tertiary alicyclic amines) is 1. The molecule has 0 aromatic heterocycles. The van der Waals surface area contributed by atoms with Gasteiger partial charge in [0.2, 0.25) is 0 Å². The maximum absolute atomic E-state index is 13.7. The van der Waals surface area contributed by atoms with Crippen molar-refractivity contribution in [2.45, 2.75) is 12.0 Å². The van der Waals surface area contributed by atoms with E-state index < -0.39 is 11.6 Å². The molecule has 0 radical (unpaired) electrons. The second-order valence-electron chi connectivity index (χ2n) is 7.71. The van der Waals surface area contributed by atoms with E-state index in [1.165, 1.54) is 12.1 Å². The molecule has 1 N–H and O–H groups in total. The molecular weight excluding hydrogens is 427 g/mol. The van der Waals surface area contributed by atoms with E-state index in [-0.39, 0.29) is 24.5 Å². The monoisotopic (exact) mass is 447 g/mol. The van der Waals surface area contributed by atoms with Gasteiger partial charge in [0, 0.05) is 35.1 Å². The summed E-state index contributed by atoms with van der Waals surface area (Å²) in [5.41, 5.74) is 2.68. The van der Waals surface area contributed by atoms with E-state index in [0.717, 1.165) is 17.2 Å². The lowest BCUT2D eigenvalue weighted by molar-refractivity contribution is 0.0367.